The third-order valence-corrected chi connectivity index (χ3v) is 3.43. The van der Waals surface area contributed by atoms with Crippen molar-refractivity contribution in [3.8, 4) is 0 Å². The molecule has 1 aromatic heterocycles. The fourth-order valence-corrected chi connectivity index (χ4v) is 1.72. The zero-order valence-electron chi connectivity index (χ0n) is 10.8. The average Bonchev–Trinajstić information content (AvgIpc) is 3.06. The molecule has 1 heterocycles. The zero-order valence-corrected chi connectivity index (χ0v) is 10.8. The van der Waals surface area contributed by atoms with E-state index in [1.807, 2.05) is 13.8 Å². The minimum atomic E-state index is 0.458. The van der Waals surface area contributed by atoms with Crippen LogP contribution in [0.5, 0.6) is 0 Å². The molecule has 1 aliphatic rings. The van der Waals surface area contributed by atoms with Crippen LogP contribution in [0.1, 0.15) is 38.1 Å². The van der Waals surface area contributed by atoms with Gasteiger partial charge in [0, 0.05) is 18.5 Å². The summed E-state index contributed by atoms with van der Waals surface area (Å²) in [6, 6.07) is 0. The van der Waals surface area contributed by atoms with Gasteiger partial charge in [0.1, 0.15) is 17.5 Å². The van der Waals surface area contributed by atoms with Gasteiger partial charge >= 0.3 is 0 Å². The van der Waals surface area contributed by atoms with Gasteiger partial charge in [-0.05, 0) is 25.2 Å². The van der Waals surface area contributed by atoms with Crippen LogP contribution >= 0.6 is 0 Å². The zero-order chi connectivity index (χ0) is 12.5. The highest BCUT2D eigenvalue weighted by Crippen LogP contribution is 2.44. The van der Waals surface area contributed by atoms with Crippen molar-refractivity contribution in [3.05, 3.63) is 11.4 Å². The number of hydrogen-bond acceptors (Lipinski definition) is 5. The third-order valence-electron chi connectivity index (χ3n) is 3.43. The summed E-state index contributed by atoms with van der Waals surface area (Å²) < 4.78 is 0. The average molecular weight is 235 g/mol. The molecule has 1 fully saturated rings. The second-order valence-corrected chi connectivity index (χ2v) is 5.12. The number of hydrogen-bond donors (Lipinski definition) is 3. The SMILES string of the molecule is CCc1nc(NN)c(C)c(NCC2(C)CC2)n1. The van der Waals surface area contributed by atoms with Gasteiger partial charge in [0.2, 0.25) is 0 Å². The number of nitrogen functional groups attached to an aromatic ring is 1. The maximum Gasteiger partial charge on any atom is 0.148 e. The fourth-order valence-electron chi connectivity index (χ4n) is 1.72. The van der Waals surface area contributed by atoms with E-state index in [2.05, 4.69) is 27.6 Å². The van der Waals surface area contributed by atoms with Crippen LogP contribution in [0.3, 0.4) is 0 Å². The topological polar surface area (TPSA) is 75.9 Å². The molecule has 94 valence electrons. The third kappa shape index (κ3) is 2.66. The Morgan fingerprint density at radius 1 is 1.29 bits per heavy atom. The highest BCUT2D eigenvalue weighted by molar-refractivity contribution is 5.56. The largest absolute Gasteiger partial charge is 0.369 e. The van der Waals surface area contributed by atoms with Gasteiger partial charge in [0.25, 0.3) is 0 Å². The molecular formula is C12H21N5. The summed E-state index contributed by atoms with van der Waals surface area (Å²) >= 11 is 0. The lowest BCUT2D eigenvalue weighted by Gasteiger charge is -2.15. The van der Waals surface area contributed by atoms with E-state index in [4.69, 9.17) is 5.84 Å². The van der Waals surface area contributed by atoms with Gasteiger partial charge in [0.15, 0.2) is 0 Å². The summed E-state index contributed by atoms with van der Waals surface area (Å²) in [4.78, 5) is 8.86. The van der Waals surface area contributed by atoms with E-state index in [0.29, 0.717) is 11.2 Å². The summed E-state index contributed by atoms with van der Waals surface area (Å²) in [6.45, 7) is 7.28. The Morgan fingerprint density at radius 3 is 2.47 bits per heavy atom. The molecule has 4 N–H and O–H groups in total. The van der Waals surface area contributed by atoms with Crippen molar-refractivity contribution in [2.24, 2.45) is 11.3 Å². The van der Waals surface area contributed by atoms with Crippen molar-refractivity contribution >= 4 is 11.6 Å². The number of aromatic nitrogens is 2. The summed E-state index contributed by atoms with van der Waals surface area (Å²) in [5.41, 5.74) is 4.07. The number of nitrogens with one attached hydrogen (secondary N) is 2. The van der Waals surface area contributed by atoms with Crippen LogP contribution in [0.4, 0.5) is 11.6 Å². The molecule has 17 heavy (non-hydrogen) atoms. The first-order chi connectivity index (χ1) is 8.08. The molecule has 2 rings (SSSR count). The van der Waals surface area contributed by atoms with E-state index in [-0.39, 0.29) is 0 Å². The van der Waals surface area contributed by atoms with Gasteiger partial charge in [0.05, 0.1) is 0 Å². The minimum absolute atomic E-state index is 0.458. The van der Waals surface area contributed by atoms with Crippen molar-refractivity contribution in [1.82, 2.24) is 9.97 Å². The first-order valence-corrected chi connectivity index (χ1v) is 6.16. The highest BCUT2D eigenvalue weighted by Gasteiger charge is 2.37. The maximum atomic E-state index is 5.47. The van der Waals surface area contributed by atoms with Crippen molar-refractivity contribution in [2.75, 3.05) is 17.3 Å². The first kappa shape index (κ1) is 12.1. The van der Waals surface area contributed by atoms with Gasteiger partial charge in [-0.1, -0.05) is 13.8 Å². The fraction of sp³-hybridized carbons (Fsp3) is 0.667. The Bertz CT molecular complexity index is 412. The molecule has 0 spiro atoms. The van der Waals surface area contributed by atoms with Crippen LogP contribution in [0.25, 0.3) is 0 Å². The van der Waals surface area contributed by atoms with Crippen LogP contribution in [-0.2, 0) is 6.42 Å². The van der Waals surface area contributed by atoms with E-state index in [0.717, 1.165) is 30.2 Å². The number of aryl methyl sites for hydroxylation is 1. The predicted octanol–water partition coefficient (Wildman–Crippen LogP) is 1.85. The van der Waals surface area contributed by atoms with E-state index in [1.54, 1.807) is 0 Å². The molecule has 5 heteroatoms. The molecule has 0 bridgehead atoms. The van der Waals surface area contributed by atoms with Gasteiger partial charge in [-0.2, -0.15) is 0 Å². The molecule has 1 aliphatic carbocycles. The van der Waals surface area contributed by atoms with Crippen LogP contribution in [0.15, 0.2) is 0 Å². The predicted molar refractivity (Wildman–Crippen MR) is 69.8 cm³/mol. The molecule has 0 radical (unpaired) electrons. The van der Waals surface area contributed by atoms with Gasteiger partial charge in [-0.3, -0.25) is 0 Å². The number of rotatable bonds is 5. The lowest BCUT2D eigenvalue weighted by atomic mass is 10.1. The number of anilines is 2. The molecule has 0 amide bonds. The number of nitrogens with zero attached hydrogens (tertiary/aromatic N) is 2. The Hall–Kier alpha value is -1.36. The maximum absolute atomic E-state index is 5.47. The van der Waals surface area contributed by atoms with Crippen molar-refractivity contribution < 1.29 is 0 Å². The van der Waals surface area contributed by atoms with E-state index < -0.39 is 0 Å². The summed E-state index contributed by atoms with van der Waals surface area (Å²) in [6.07, 6.45) is 3.40. The first-order valence-electron chi connectivity index (χ1n) is 6.16. The molecule has 0 saturated heterocycles. The normalized spacial score (nSPS) is 16.7. The van der Waals surface area contributed by atoms with Crippen molar-refractivity contribution in [1.29, 1.82) is 0 Å². The summed E-state index contributed by atoms with van der Waals surface area (Å²) in [5, 5.41) is 3.42. The molecule has 0 atom stereocenters. The Labute approximate surface area is 102 Å². The quantitative estimate of drug-likeness (QED) is 0.536. The standard InChI is InChI=1S/C12H21N5/c1-4-9-15-10(8(2)11(16-9)17-13)14-7-12(3)5-6-12/h4-7,13H2,1-3H3,(H2,14,15,16,17). The molecule has 1 aromatic rings. The highest BCUT2D eigenvalue weighted by atomic mass is 15.3. The van der Waals surface area contributed by atoms with Crippen LogP contribution < -0.4 is 16.6 Å². The smallest absolute Gasteiger partial charge is 0.148 e. The number of nitrogens with two attached hydrogens (primary N) is 1. The van der Waals surface area contributed by atoms with Gasteiger partial charge in [-0.25, -0.2) is 15.8 Å². The second-order valence-electron chi connectivity index (χ2n) is 5.12. The molecule has 0 unspecified atom stereocenters. The van der Waals surface area contributed by atoms with Crippen LogP contribution in [0, 0.1) is 12.3 Å². The molecular weight excluding hydrogens is 214 g/mol. The number of hydrazine groups is 1. The molecule has 0 aliphatic heterocycles. The van der Waals surface area contributed by atoms with Crippen LogP contribution in [0.2, 0.25) is 0 Å². The van der Waals surface area contributed by atoms with Crippen molar-refractivity contribution in [3.63, 3.8) is 0 Å². The Morgan fingerprint density at radius 2 is 1.94 bits per heavy atom. The lowest BCUT2D eigenvalue weighted by molar-refractivity contribution is 0.608. The molecule has 1 saturated carbocycles. The van der Waals surface area contributed by atoms with Crippen molar-refractivity contribution in [2.45, 2.75) is 40.0 Å². The molecule has 5 nitrogen and oxygen atoms in total. The second kappa shape index (κ2) is 4.49. The van der Waals surface area contributed by atoms with Gasteiger partial charge < -0.3 is 10.7 Å². The summed E-state index contributed by atoms with van der Waals surface area (Å²) in [5.74, 6) is 7.89. The van der Waals surface area contributed by atoms with E-state index >= 15 is 0 Å². The Kier molecular flexibility index (Phi) is 3.19. The summed E-state index contributed by atoms with van der Waals surface area (Å²) in [7, 11) is 0. The van der Waals surface area contributed by atoms with E-state index in [1.165, 1.54) is 12.8 Å². The van der Waals surface area contributed by atoms with Gasteiger partial charge in [-0.15, -0.1) is 0 Å². The molecule has 0 aromatic carbocycles. The van der Waals surface area contributed by atoms with Crippen LogP contribution in [-0.4, -0.2) is 16.5 Å². The Balaban J connectivity index is 2.18. The monoisotopic (exact) mass is 235 g/mol. The minimum Gasteiger partial charge on any atom is -0.369 e. The lowest BCUT2D eigenvalue weighted by Crippen LogP contribution is -2.17. The van der Waals surface area contributed by atoms with E-state index in [9.17, 15) is 0 Å².